The normalized spacial score (nSPS) is 17.1. The highest BCUT2D eigenvalue weighted by Crippen LogP contribution is 2.14. The summed E-state index contributed by atoms with van der Waals surface area (Å²) in [5.74, 6) is 0.120. The number of benzene rings is 1. The Morgan fingerprint density at radius 2 is 1.74 bits per heavy atom. The molecule has 0 saturated carbocycles. The van der Waals surface area contributed by atoms with Crippen molar-refractivity contribution in [1.82, 2.24) is 15.1 Å². The van der Waals surface area contributed by atoms with Crippen molar-refractivity contribution in [1.29, 1.82) is 0 Å². The molecule has 6 heteroatoms. The van der Waals surface area contributed by atoms with Gasteiger partial charge in [0.15, 0.2) is 0 Å². The van der Waals surface area contributed by atoms with E-state index in [4.69, 9.17) is 11.6 Å². The summed E-state index contributed by atoms with van der Waals surface area (Å²) in [6.45, 7) is 9.03. The number of nitrogens with one attached hydrogen (secondary N) is 1. The van der Waals surface area contributed by atoms with Gasteiger partial charge in [-0.15, -0.1) is 0 Å². The monoisotopic (exact) mass is 391 g/mol. The van der Waals surface area contributed by atoms with E-state index in [1.807, 2.05) is 17.0 Å². The van der Waals surface area contributed by atoms with Crippen LogP contribution in [0.4, 0.5) is 0 Å². The molecule has 1 aromatic rings. The van der Waals surface area contributed by atoms with Crippen molar-refractivity contribution in [2.45, 2.75) is 33.2 Å². The average Bonchev–Trinajstić information content (AvgIpc) is 2.62. The van der Waals surface area contributed by atoms with Crippen LogP contribution in [0.1, 0.15) is 32.8 Å². The number of hydrogen-bond donors (Lipinski definition) is 1. The van der Waals surface area contributed by atoms with Crippen LogP contribution in [0, 0.1) is 5.92 Å². The number of halogens is 1. The van der Waals surface area contributed by atoms with Crippen LogP contribution in [-0.2, 0) is 9.59 Å². The highest BCUT2D eigenvalue weighted by molar-refractivity contribution is 6.30. The second kappa shape index (κ2) is 9.90. The maximum absolute atomic E-state index is 13.0. The molecule has 1 fully saturated rings. The zero-order valence-corrected chi connectivity index (χ0v) is 17.4. The summed E-state index contributed by atoms with van der Waals surface area (Å²) in [5, 5.41) is 3.61. The molecule has 0 aromatic heterocycles. The molecule has 2 rings (SSSR count). The minimum atomic E-state index is -0.491. The summed E-state index contributed by atoms with van der Waals surface area (Å²) in [5.41, 5.74) is 1.47. The van der Waals surface area contributed by atoms with Crippen LogP contribution in [-0.4, -0.2) is 60.9 Å². The Labute approximate surface area is 167 Å². The lowest BCUT2D eigenvalue weighted by molar-refractivity contribution is -0.137. The van der Waals surface area contributed by atoms with Gasteiger partial charge < -0.3 is 15.1 Å². The van der Waals surface area contributed by atoms with Crippen LogP contribution >= 0.6 is 11.6 Å². The van der Waals surface area contributed by atoms with Gasteiger partial charge >= 0.3 is 0 Å². The van der Waals surface area contributed by atoms with Crippen molar-refractivity contribution in [3.63, 3.8) is 0 Å². The SMILES string of the molecule is C/C(=C\c1ccc(Cl)cc1)C(=O)N[C@@H](CC(C)C)C(=O)N1CCN(C)CC1. The first-order valence-electron chi connectivity index (χ1n) is 9.48. The van der Waals surface area contributed by atoms with Gasteiger partial charge in [-0.05, 0) is 50.1 Å². The van der Waals surface area contributed by atoms with Gasteiger partial charge in [0.05, 0.1) is 0 Å². The third-order valence-electron chi connectivity index (χ3n) is 4.74. The maximum Gasteiger partial charge on any atom is 0.247 e. The minimum absolute atomic E-state index is 0.0180. The molecule has 27 heavy (non-hydrogen) atoms. The number of amides is 2. The molecule has 1 atom stereocenters. The van der Waals surface area contributed by atoms with Gasteiger partial charge in [0, 0.05) is 36.8 Å². The van der Waals surface area contributed by atoms with Crippen molar-refractivity contribution in [3.05, 3.63) is 40.4 Å². The molecule has 0 spiro atoms. The third kappa shape index (κ3) is 6.67. The van der Waals surface area contributed by atoms with Crippen LogP contribution in [0.5, 0.6) is 0 Å². The molecule has 0 aliphatic carbocycles. The van der Waals surface area contributed by atoms with E-state index in [0.29, 0.717) is 36.0 Å². The van der Waals surface area contributed by atoms with Crippen molar-refractivity contribution in [3.8, 4) is 0 Å². The van der Waals surface area contributed by atoms with Crippen LogP contribution in [0.2, 0.25) is 5.02 Å². The second-order valence-electron chi connectivity index (χ2n) is 7.66. The third-order valence-corrected chi connectivity index (χ3v) is 4.99. The molecule has 1 aliphatic heterocycles. The number of hydrogen-bond acceptors (Lipinski definition) is 3. The Kier molecular flexibility index (Phi) is 7.87. The predicted molar refractivity (Wildman–Crippen MR) is 111 cm³/mol. The van der Waals surface area contributed by atoms with Crippen LogP contribution in [0.3, 0.4) is 0 Å². The molecule has 0 radical (unpaired) electrons. The fraction of sp³-hybridized carbons (Fsp3) is 0.524. The first-order chi connectivity index (χ1) is 12.8. The molecule has 1 saturated heterocycles. The number of rotatable bonds is 6. The van der Waals surface area contributed by atoms with Crippen LogP contribution < -0.4 is 5.32 Å². The number of carbonyl (C=O) groups is 2. The highest BCUT2D eigenvalue weighted by Gasteiger charge is 2.28. The molecule has 1 heterocycles. The van der Waals surface area contributed by atoms with Gasteiger partial charge in [0.2, 0.25) is 11.8 Å². The number of piperazine rings is 1. The van der Waals surface area contributed by atoms with E-state index in [-0.39, 0.29) is 11.8 Å². The van der Waals surface area contributed by atoms with E-state index in [2.05, 4.69) is 31.1 Å². The Bertz CT molecular complexity index is 677. The lowest BCUT2D eigenvalue weighted by Crippen LogP contribution is -2.54. The smallest absolute Gasteiger partial charge is 0.247 e. The van der Waals surface area contributed by atoms with Gasteiger partial charge in [0.25, 0.3) is 0 Å². The van der Waals surface area contributed by atoms with Crippen LogP contribution in [0.15, 0.2) is 29.8 Å². The molecule has 148 valence electrons. The summed E-state index contributed by atoms with van der Waals surface area (Å²) in [7, 11) is 2.06. The molecule has 1 aromatic carbocycles. The van der Waals surface area contributed by atoms with E-state index < -0.39 is 6.04 Å². The standard InChI is InChI=1S/C21H30ClN3O2/c1-15(2)13-19(21(27)25-11-9-24(4)10-12-25)23-20(26)16(3)14-17-5-7-18(22)8-6-17/h5-8,14-15,19H,9-13H2,1-4H3,(H,23,26)/b16-14+/t19-/m0/s1. The molecule has 1 aliphatic rings. The maximum atomic E-state index is 13.0. The summed E-state index contributed by atoms with van der Waals surface area (Å²) in [6.07, 6.45) is 2.43. The Hall–Kier alpha value is -1.85. The van der Waals surface area contributed by atoms with E-state index in [1.54, 1.807) is 25.1 Å². The second-order valence-corrected chi connectivity index (χ2v) is 8.10. The quantitative estimate of drug-likeness (QED) is 0.758. The summed E-state index contributed by atoms with van der Waals surface area (Å²) in [6, 6.07) is 6.81. The zero-order valence-electron chi connectivity index (χ0n) is 16.7. The van der Waals surface area contributed by atoms with E-state index in [9.17, 15) is 9.59 Å². The summed E-state index contributed by atoms with van der Waals surface area (Å²) >= 11 is 5.90. The molecular formula is C21H30ClN3O2. The van der Waals surface area contributed by atoms with E-state index in [0.717, 1.165) is 18.7 Å². The zero-order chi connectivity index (χ0) is 20.0. The van der Waals surface area contributed by atoms with Gasteiger partial charge in [-0.2, -0.15) is 0 Å². The molecule has 0 bridgehead atoms. The molecule has 5 nitrogen and oxygen atoms in total. The number of likely N-dealkylation sites (N-methyl/N-ethyl adjacent to an activating group) is 1. The van der Waals surface area contributed by atoms with Crippen molar-refractivity contribution in [2.24, 2.45) is 5.92 Å². The minimum Gasteiger partial charge on any atom is -0.341 e. The van der Waals surface area contributed by atoms with Crippen molar-refractivity contribution in [2.75, 3.05) is 33.2 Å². The fourth-order valence-electron chi connectivity index (χ4n) is 3.09. The van der Waals surface area contributed by atoms with Gasteiger partial charge in [-0.1, -0.05) is 37.6 Å². The summed E-state index contributed by atoms with van der Waals surface area (Å²) in [4.78, 5) is 29.7. The van der Waals surface area contributed by atoms with E-state index in [1.165, 1.54) is 0 Å². The first kappa shape index (κ1) is 21.5. The molecule has 0 unspecified atom stereocenters. The van der Waals surface area contributed by atoms with Crippen molar-refractivity contribution < 1.29 is 9.59 Å². The van der Waals surface area contributed by atoms with Gasteiger partial charge in [0.1, 0.15) is 6.04 Å². The number of nitrogens with zero attached hydrogens (tertiary/aromatic N) is 2. The van der Waals surface area contributed by atoms with E-state index >= 15 is 0 Å². The van der Waals surface area contributed by atoms with Crippen LogP contribution in [0.25, 0.3) is 6.08 Å². The first-order valence-corrected chi connectivity index (χ1v) is 9.86. The van der Waals surface area contributed by atoms with Gasteiger partial charge in [-0.3, -0.25) is 9.59 Å². The number of carbonyl (C=O) groups excluding carboxylic acids is 2. The Morgan fingerprint density at radius 3 is 2.30 bits per heavy atom. The fourth-order valence-corrected chi connectivity index (χ4v) is 3.21. The predicted octanol–water partition coefficient (Wildman–Crippen LogP) is 3.05. The topological polar surface area (TPSA) is 52.7 Å². The lowest BCUT2D eigenvalue weighted by atomic mass is 10.0. The lowest BCUT2D eigenvalue weighted by Gasteiger charge is -2.35. The summed E-state index contributed by atoms with van der Waals surface area (Å²) < 4.78 is 0. The van der Waals surface area contributed by atoms with Crippen molar-refractivity contribution >= 4 is 29.5 Å². The Balaban J connectivity index is 2.06. The molecule has 2 amide bonds. The average molecular weight is 392 g/mol. The highest BCUT2D eigenvalue weighted by atomic mass is 35.5. The Morgan fingerprint density at radius 1 is 1.15 bits per heavy atom. The van der Waals surface area contributed by atoms with Gasteiger partial charge in [-0.25, -0.2) is 0 Å². The molecule has 1 N–H and O–H groups in total. The largest absolute Gasteiger partial charge is 0.341 e. The molecular weight excluding hydrogens is 362 g/mol.